The van der Waals surface area contributed by atoms with Crippen LogP contribution in [0.15, 0.2) is 103 Å². The number of aryl methyl sites for hydroxylation is 2. The Morgan fingerprint density at radius 2 is 1.15 bits per heavy atom. The van der Waals surface area contributed by atoms with Crippen LogP contribution in [0.25, 0.3) is 60.4 Å². The second-order valence-electron chi connectivity index (χ2n) is 9.36. The first-order valence-corrected chi connectivity index (χ1v) is 11.8. The second-order valence-corrected chi connectivity index (χ2v) is 9.36. The van der Waals surface area contributed by atoms with E-state index in [0.717, 1.165) is 0 Å². The van der Waals surface area contributed by atoms with Gasteiger partial charge in [0, 0.05) is 38.3 Å². The highest BCUT2D eigenvalue weighted by molar-refractivity contribution is 6.11. The Morgan fingerprint density at radius 3 is 2.00 bits per heavy atom. The van der Waals surface area contributed by atoms with Crippen molar-refractivity contribution in [3.05, 3.63) is 114 Å². The van der Waals surface area contributed by atoms with Crippen molar-refractivity contribution >= 4 is 43.6 Å². The Labute approximate surface area is 198 Å². The van der Waals surface area contributed by atoms with Gasteiger partial charge in [-0.3, -0.25) is 0 Å². The first kappa shape index (κ1) is 19.2. The van der Waals surface area contributed by atoms with Gasteiger partial charge in [-0.2, -0.15) is 0 Å². The van der Waals surface area contributed by atoms with E-state index < -0.39 is 0 Å². The lowest BCUT2D eigenvalue weighted by Gasteiger charge is -2.10. The summed E-state index contributed by atoms with van der Waals surface area (Å²) in [6, 6.07) is 37.7. The van der Waals surface area contributed by atoms with Crippen molar-refractivity contribution in [2.24, 2.45) is 0 Å². The van der Waals surface area contributed by atoms with E-state index >= 15 is 0 Å². The molecule has 0 radical (unpaired) electrons. The molecule has 2 nitrogen and oxygen atoms in total. The average Bonchev–Trinajstić information content (AvgIpc) is 3.38. The standard InChI is InChI=1S/C32H24N2/c1-20-15-21(2)17-24(16-20)34-31-10-6-4-8-27(31)28-18-22(12-14-32(28)34)23-11-13-26-25-7-3-5-9-29(25)33-30(26)19-23/h3-19,33H,1-2H3. The van der Waals surface area contributed by atoms with Gasteiger partial charge in [-0.05, 0) is 78.6 Å². The molecule has 0 aliphatic heterocycles. The molecule has 2 heterocycles. The minimum absolute atomic E-state index is 1.18. The van der Waals surface area contributed by atoms with Crippen LogP contribution in [0.2, 0.25) is 0 Å². The van der Waals surface area contributed by atoms with E-state index in [4.69, 9.17) is 0 Å². The molecule has 0 bridgehead atoms. The maximum absolute atomic E-state index is 3.59. The van der Waals surface area contributed by atoms with Crippen LogP contribution in [0.1, 0.15) is 11.1 Å². The lowest BCUT2D eigenvalue weighted by Crippen LogP contribution is -1.95. The van der Waals surface area contributed by atoms with Gasteiger partial charge >= 0.3 is 0 Å². The second kappa shape index (κ2) is 7.10. The molecule has 0 amide bonds. The van der Waals surface area contributed by atoms with Gasteiger partial charge in [-0.1, -0.05) is 60.7 Å². The first-order valence-electron chi connectivity index (χ1n) is 11.8. The Morgan fingerprint density at radius 1 is 0.500 bits per heavy atom. The number of para-hydroxylation sites is 2. The largest absolute Gasteiger partial charge is 0.354 e. The van der Waals surface area contributed by atoms with E-state index in [9.17, 15) is 0 Å². The van der Waals surface area contributed by atoms with Gasteiger partial charge in [0.25, 0.3) is 0 Å². The number of benzene rings is 5. The molecule has 2 aromatic heterocycles. The lowest BCUT2D eigenvalue weighted by molar-refractivity contribution is 1.16. The zero-order valence-corrected chi connectivity index (χ0v) is 19.3. The van der Waals surface area contributed by atoms with Crippen LogP contribution >= 0.6 is 0 Å². The van der Waals surface area contributed by atoms with E-state index in [1.165, 1.54) is 71.6 Å². The van der Waals surface area contributed by atoms with Crippen molar-refractivity contribution in [2.45, 2.75) is 13.8 Å². The zero-order valence-electron chi connectivity index (χ0n) is 19.3. The van der Waals surface area contributed by atoms with Gasteiger partial charge in [0.1, 0.15) is 0 Å². The van der Waals surface area contributed by atoms with Crippen LogP contribution in [-0.2, 0) is 0 Å². The molecule has 34 heavy (non-hydrogen) atoms. The summed E-state index contributed by atoms with van der Waals surface area (Å²) in [7, 11) is 0. The van der Waals surface area contributed by atoms with Crippen molar-refractivity contribution in [1.82, 2.24) is 9.55 Å². The SMILES string of the molecule is Cc1cc(C)cc(-n2c3ccccc3c3cc(-c4ccc5c(c4)[nH]c4ccccc45)ccc32)c1. The number of fused-ring (bicyclic) bond motifs is 6. The zero-order chi connectivity index (χ0) is 22.8. The summed E-state index contributed by atoms with van der Waals surface area (Å²) in [4.78, 5) is 3.59. The normalized spacial score (nSPS) is 11.8. The molecule has 1 N–H and O–H groups in total. The third kappa shape index (κ3) is 2.82. The van der Waals surface area contributed by atoms with Crippen LogP contribution in [0, 0.1) is 13.8 Å². The molecule has 5 aromatic carbocycles. The predicted octanol–water partition coefficient (Wildman–Crippen LogP) is 8.70. The fraction of sp³-hybridized carbons (Fsp3) is 0.0625. The molecule has 0 aliphatic carbocycles. The number of nitrogens with one attached hydrogen (secondary N) is 1. The van der Waals surface area contributed by atoms with Crippen molar-refractivity contribution in [2.75, 3.05) is 0 Å². The van der Waals surface area contributed by atoms with Crippen LogP contribution in [0.4, 0.5) is 0 Å². The Hall–Kier alpha value is -4.30. The summed E-state index contributed by atoms with van der Waals surface area (Å²) in [5, 5.41) is 5.11. The molecule has 0 saturated heterocycles. The fourth-order valence-electron chi connectivity index (χ4n) is 5.54. The number of hydrogen-bond acceptors (Lipinski definition) is 0. The van der Waals surface area contributed by atoms with Gasteiger partial charge in [-0.25, -0.2) is 0 Å². The molecule has 0 spiro atoms. The number of H-pyrrole nitrogens is 1. The van der Waals surface area contributed by atoms with Gasteiger partial charge < -0.3 is 9.55 Å². The van der Waals surface area contributed by atoms with Crippen molar-refractivity contribution < 1.29 is 0 Å². The molecule has 7 aromatic rings. The minimum Gasteiger partial charge on any atom is -0.354 e. The maximum atomic E-state index is 3.59. The van der Waals surface area contributed by atoms with E-state index in [2.05, 4.69) is 127 Å². The van der Waals surface area contributed by atoms with Crippen molar-refractivity contribution in [3.63, 3.8) is 0 Å². The fourth-order valence-corrected chi connectivity index (χ4v) is 5.54. The van der Waals surface area contributed by atoms with Gasteiger partial charge in [0.2, 0.25) is 0 Å². The Bertz CT molecular complexity index is 1860. The minimum atomic E-state index is 1.18. The number of aromatic amines is 1. The number of nitrogens with zero attached hydrogens (tertiary/aromatic N) is 1. The number of hydrogen-bond donors (Lipinski definition) is 1. The molecule has 0 saturated carbocycles. The Balaban J connectivity index is 1.46. The van der Waals surface area contributed by atoms with E-state index in [1.807, 2.05) is 0 Å². The van der Waals surface area contributed by atoms with Crippen molar-refractivity contribution in [1.29, 1.82) is 0 Å². The molecular weight excluding hydrogens is 412 g/mol. The molecule has 7 rings (SSSR count). The summed E-state index contributed by atoms with van der Waals surface area (Å²) < 4.78 is 2.40. The van der Waals surface area contributed by atoms with Crippen LogP contribution < -0.4 is 0 Å². The number of aromatic nitrogens is 2. The highest BCUT2D eigenvalue weighted by Crippen LogP contribution is 2.36. The summed E-state index contributed by atoms with van der Waals surface area (Å²) >= 11 is 0. The highest BCUT2D eigenvalue weighted by Gasteiger charge is 2.14. The third-order valence-electron chi connectivity index (χ3n) is 6.98. The van der Waals surface area contributed by atoms with Gasteiger partial charge in [0.15, 0.2) is 0 Å². The summed E-state index contributed by atoms with van der Waals surface area (Å²) in [5.41, 5.74) is 11.1. The van der Waals surface area contributed by atoms with Gasteiger partial charge in [0.05, 0.1) is 11.0 Å². The molecule has 2 heteroatoms. The van der Waals surface area contributed by atoms with Crippen LogP contribution in [0.5, 0.6) is 0 Å². The molecule has 0 aliphatic rings. The van der Waals surface area contributed by atoms with E-state index in [-0.39, 0.29) is 0 Å². The Kier molecular flexibility index (Phi) is 4.01. The molecule has 162 valence electrons. The molecule has 0 fully saturated rings. The smallest absolute Gasteiger partial charge is 0.0541 e. The molecular formula is C32H24N2. The summed E-state index contributed by atoms with van der Waals surface area (Å²) in [6.45, 7) is 4.34. The van der Waals surface area contributed by atoms with Crippen LogP contribution in [-0.4, -0.2) is 9.55 Å². The maximum Gasteiger partial charge on any atom is 0.0541 e. The number of rotatable bonds is 2. The molecule has 0 atom stereocenters. The highest BCUT2D eigenvalue weighted by atomic mass is 15.0. The monoisotopic (exact) mass is 436 g/mol. The molecule has 0 unspecified atom stereocenters. The van der Waals surface area contributed by atoms with Crippen molar-refractivity contribution in [3.8, 4) is 16.8 Å². The average molecular weight is 437 g/mol. The van der Waals surface area contributed by atoms with Crippen LogP contribution in [0.3, 0.4) is 0 Å². The third-order valence-corrected chi connectivity index (χ3v) is 6.98. The summed E-state index contributed by atoms with van der Waals surface area (Å²) in [6.07, 6.45) is 0. The van der Waals surface area contributed by atoms with E-state index in [1.54, 1.807) is 0 Å². The van der Waals surface area contributed by atoms with E-state index in [0.29, 0.717) is 0 Å². The predicted molar refractivity (Wildman–Crippen MR) is 145 cm³/mol. The lowest BCUT2D eigenvalue weighted by atomic mass is 10.0. The first-order chi connectivity index (χ1) is 16.7. The topological polar surface area (TPSA) is 20.7 Å². The summed E-state index contributed by atoms with van der Waals surface area (Å²) in [5.74, 6) is 0. The van der Waals surface area contributed by atoms with Gasteiger partial charge in [-0.15, -0.1) is 0 Å². The quantitative estimate of drug-likeness (QED) is 0.280.